The van der Waals surface area contributed by atoms with Gasteiger partial charge in [-0.3, -0.25) is 4.99 Å². The summed E-state index contributed by atoms with van der Waals surface area (Å²) >= 11 is 0. The predicted octanol–water partition coefficient (Wildman–Crippen LogP) is 6.55. The van der Waals surface area contributed by atoms with E-state index in [2.05, 4.69) is 110 Å². The third-order valence-electron chi connectivity index (χ3n) is 7.40. The molecule has 1 heterocycles. The first-order chi connectivity index (χ1) is 11.9. The molecule has 0 aliphatic carbocycles. The van der Waals surface area contributed by atoms with Crippen LogP contribution in [0.2, 0.25) is 0 Å². The number of rotatable bonds is 1. The van der Waals surface area contributed by atoms with E-state index >= 15 is 0 Å². The zero-order chi connectivity index (χ0) is 19.4. The van der Waals surface area contributed by atoms with E-state index in [9.17, 15) is 0 Å². The van der Waals surface area contributed by atoms with Crippen LogP contribution in [-0.2, 0) is 10.8 Å². The van der Waals surface area contributed by atoms with Gasteiger partial charge in [-0.25, -0.2) is 0 Å². The van der Waals surface area contributed by atoms with E-state index in [1.165, 1.54) is 22.4 Å². The minimum absolute atomic E-state index is 0.0496. The van der Waals surface area contributed by atoms with Crippen molar-refractivity contribution in [2.45, 2.75) is 71.8 Å². The third kappa shape index (κ3) is 2.55. The van der Waals surface area contributed by atoms with Gasteiger partial charge in [-0.1, -0.05) is 96.1 Å². The van der Waals surface area contributed by atoms with Crippen LogP contribution in [0.25, 0.3) is 0 Å². The van der Waals surface area contributed by atoms with E-state index in [0.717, 1.165) is 0 Å². The average molecular weight is 348 g/mol. The van der Waals surface area contributed by atoms with Crippen molar-refractivity contribution in [1.82, 2.24) is 0 Å². The number of fused-ring (bicyclic) bond motifs is 1. The molecule has 0 saturated carbocycles. The van der Waals surface area contributed by atoms with Crippen LogP contribution >= 0.6 is 0 Å². The van der Waals surface area contributed by atoms with E-state index < -0.39 is 0 Å². The van der Waals surface area contributed by atoms with E-state index in [1.54, 1.807) is 0 Å². The lowest BCUT2D eigenvalue weighted by Crippen LogP contribution is -2.52. The fourth-order valence-electron chi connectivity index (χ4n) is 4.12. The Kier molecular flexibility index (Phi) is 4.22. The molecule has 138 valence electrons. The summed E-state index contributed by atoms with van der Waals surface area (Å²) in [6.07, 6.45) is 0. The van der Waals surface area contributed by atoms with Gasteiger partial charge in [0.15, 0.2) is 0 Å². The second-order valence-electron chi connectivity index (χ2n) is 9.81. The number of hydrogen-bond donors (Lipinski definition) is 0. The van der Waals surface area contributed by atoms with E-state index in [0.29, 0.717) is 0 Å². The fourth-order valence-corrected chi connectivity index (χ4v) is 4.12. The molecule has 3 rings (SSSR count). The van der Waals surface area contributed by atoms with Gasteiger partial charge in [0, 0.05) is 22.0 Å². The van der Waals surface area contributed by atoms with E-state index in [-0.39, 0.29) is 21.8 Å². The van der Waals surface area contributed by atoms with Crippen LogP contribution in [-0.4, -0.2) is 11.3 Å². The molecule has 0 N–H and O–H groups in total. The second kappa shape index (κ2) is 5.81. The molecule has 0 atom stereocenters. The summed E-state index contributed by atoms with van der Waals surface area (Å²) in [7, 11) is 0. The molecule has 0 spiro atoms. The molecule has 0 bridgehead atoms. The highest BCUT2D eigenvalue weighted by molar-refractivity contribution is 6.05. The average Bonchev–Trinajstić information content (AvgIpc) is 2.59. The van der Waals surface area contributed by atoms with Crippen LogP contribution in [0.15, 0.2) is 59.6 Å². The van der Waals surface area contributed by atoms with Gasteiger partial charge in [0.2, 0.25) is 0 Å². The first-order valence-corrected chi connectivity index (χ1v) is 9.69. The first-order valence-electron chi connectivity index (χ1n) is 9.69. The van der Waals surface area contributed by atoms with Crippen molar-refractivity contribution in [2.24, 2.45) is 10.4 Å². The summed E-state index contributed by atoms with van der Waals surface area (Å²) in [6, 6.07) is 19.7. The first kappa shape index (κ1) is 18.9. The van der Waals surface area contributed by atoms with Crippen LogP contribution < -0.4 is 0 Å². The Bertz CT molecular complexity index is 835. The third-order valence-corrected chi connectivity index (χ3v) is 7.40. The minimum atomic E-state index is -0.220. The topological polar surface area (TPSA) is 12.4 Å². The molecule has 0 fully saturated rings. The molecule has 1 heteroatoms. The number of benzene rings is 2. The normalized spacial score (nSPS) is 22.5. The fraction of sp³-hybridized carbons (Fsp3) is 0.480. The Morgan fingerprint density at radius 1 is 0.538 bits per heavy atom. The van der Waals surface area contributed by atoms with Crippen molar-refractivity contribution >= 4 is 5.71 Å². The molecular formula is C25H33N. The number of nitrogens with zero attached hydrogens (tertiary/aromatic N) is 1. The molecule has 0 amide bonds. The maximum absolute atomic E-state index is 5.45. The molecule has 1 nitrogen and oxygen atoms in total. The monoisotopic (exact) mass is 347 g/mol. The Hall–Kier alpha value is -1.89. The smallest absolute Gasteiger partial charge is 0.0646 e. The number of hydrogen-bond acceptors (Lipinski definition) is 1. The Labute approximate surface area is 159 Å². The number of aliphatic imine (C=N–C) groups is 1. The van der Waals surface area contributed by atoms with E-state index in [4.69, 9.17) is 4.99 Å². The van der Waals surface area contributed by atoms with Crippen LogP contribution in [0.4, 0.5) is 0 Å². The lowest BCUT2D eigenvalue weighted by atomic mass is 9.55. The summed E-state index contributed by atoms with van der Waals surface area (Å²) in [4.78, 5) is 5.45. The molecule has 0 radical (unpaired) electrons. The predicted molar refractivity (Wildman–Crippen MR) is 113 cm³/mol. The molecule has 0 saturated heterocycles. The van der Waals surface area contributed by atoms with Crippen molar-refractivity contribution in [3.63, 3.8) is 0 Å². The standard InChI is InChI=1S/C25H33N/c1-22(2)19-16-12-13-17-20(19)23(3,4)25(7,8)26-21(24(22,5)6)18-14-10-9-11-15-18/h9-17H,1-8H3. The van der Waals surface area contributed by atoms with E-state index in [1.807, 2.05) is 0 Å². The van der Waals surface area contributed by atoms with Gasteiger partial charge in [-0.05, 0) is 30.5 Å². The van der Waals surface area contributed by atoms with Gasteiger partial charge >= 0.3 is 0 Å². The molecule has 2 aromatic rings. The lowest BCUT2D eigenvalue weighted by Gasteiger charge is -2.51. The van der Waals surface area contributed by atoms with Gasteiger partial charge in [0.25, 0.3) is 0 Å². The minimum Gasteiger partial charge on any atom is -0.282 e. The molecule has 2 aromatic carbocycles. The summed E-state index contributed by atoms with van der Waals surface area (Å²) in [5, 5.41) is 0. The SMILES string of the molecule is CC1(C)N=C(c2ccccc2)C(C)(C)C(C)(C)c2ccccc2C1(C)C. The summed E-state index contributed by atoms with van der Waals surface area (Å²) in [6.45, 7) is 18.7. The highest BCUT2D eigenvalue weighted by Gasteiger charge is 2.50. The van der Waals surface area contributed by atoms with Gasteiger partial charge in [0.1, 0.15) is 0 Å². The lowest BCUT2D eigenvalue weighted by molar-refractivity contribution is 0.247. The molecule has 1 aliphatic heterocycles. The maximum atomic E-state index is 5.45. The molecule has 0 aromatic heterocycles. The molecule has 0 unspecified atom stereocenters. The Morgan fingerprint density at radius 2 is 1.00 bits per heavy atom. The highest BCUT2D eigenvalue weighted by Crippen LogP contribution is 2.52. The summed E-state index contributed by atoms with van der Waals surface area (Å²) < 4.78 is 0. The zero-order valence-corrected chi connectivity index (χ0v) is 17.6. The van der Waals surface area contributed by atoms with Gasteiger partial charge in [-0.2, -0.15) is 0 Å². The van der Waals surface area contributed by atoms with Gasteiger partial charge < -0.3 is 0 Å². The summed E-state index contributed by atoms with van der Waals surface area (Å²) in [5.74, 6) is 0. The van der Waals surface area contributed by atoms with Gasteiger partial charge in [-0.15, -0.1) is 0 Å². The van der Waals surface area contributed by atoms with Crippen molar-refractivity contribution in [2.75, 3.05) is 0 Å². The van der Waals surface area contributed by atoms with Gasteiger partial charge in [0.05, 0.1) is 5.54 Å². The quantitative estimate of drug-likeness (QED) is 0.554. The van der Waals surface area contributed by atoms with Crippen LogP contribution in [0.1, 0.15) is 72.1 Å². The highest BCUT2D eigenvalue weighted by atomic mass is 14.9. The molecule has 26 heavy (non-hydrogen) atoms. The van der Waals surface area contributed by atoms with Crippen LogP contribution in [0.5, 0.6) is 0 Å². The van der Waals surface area contributed by atoms with Crippen LogP contribution in [0.3, 0.4) is 0 Å². The molecular weight excluding hydrogens is 314 g/mol. The maximum Gasteiger partial charge on any atom is 0.0646 e. The molecule has 1 aliphatic rings. The van der Waals surface area contributed by atoms with Crippen molar-refractivity contribution < 1.29 is 0 Å². The Balaban J connectivity index is 2.41. The van der Waals surface area contributed by atoms with Crippen molar-refractivity contribution in [3.8, 4) is 0 Å². The van der Waals surface area contributed by atoms with Crippen LogP contribution in [0, 0.1) is 5.41 Å². The Morgan fingerprint density at radius 3 is 1.54 bits per heavy atom. The zero-order valence-electron chi connectivity index (χ0n) is 17.6. The summed E-state index contributed by atoms with van der Waals surface area (Å²) in [5.41, 5.74) is 4.83. The second-order valence-corrected chi connectivity index (χ2v) is 9.81. The largest absolute Gasteiger partial charge is 0.282 e. The van der Waals surface area contributed by atoms with Crippen molar-refractivity contribution in [1.29, 1.82) is 0 Å². The van der Waals surface area contributed by atoms with Crippen molar-refractivity contribution in [3.05, 3.63) is 71.3 Å².